The molecule has 1 saturated carbocycles. The van der Waals surface area contributed by atoms with Gasteiger partial charge in [-0.1, -0.05) is 18.6 Å². The average molecular weight is 531 g/mol. The van der Waals surface area contributed by atoms with Crippen molar-refractivity contribution in [2.45, 2.75) is 75.7 Å². The summed E-state index contributed by atoms with van der Waals surface area (Å²) in [6.45, 7) is 2.11. The minimum absolute atomic E-state index is 0.0386. The van der Waals surface area contributed by atoms with Crippen LogP contribution in [0.4, 0.5) is 13.2 Å². The summed E-state index contributed by atoms with van der Waals surface area (Å²) < 4.78 is 50.8. The Hall–Kier alpha value is -2.33. The number of alkyl halides is 3. The molecule has 0 amide bonds. The Morgan fingerprint density at radius 3 is 2.47 bits per heavy atom. The molecule has 0 radical (unpaired) electrons. The predicted molar refractivity (Wildman–Crippen MR) is 133 cm³/mol. The first-order chi connectivity index (χ1) is 18.3. The fraction of sp³-hybridized carbons (Fsp3) is 0.586. The molecule has 1 saturated heterocycles. The highest BCUT2D eigenvalue weighted by molar-refractivity contribution is 5.75. The number of halogens is 3. The fourth-order valence-electron chi connectivity index (χ4n) is 6.73. The molecule has 1 unspecified atom stereocenters. The standard InChI is InChI=1S/C29H33F3N2O4/c30-29(31,32)22-3-2-19(16-33-22)27(36)25-23(17-4-10-37-11-5-17)24-20(14-28(8-1-9-28)15-21(24)35)34-26(25)18-6-12-38-13-7-18/h2-4,16,18,21,27,35-36H,1,5-15H2/t21?,27-/m0/s1. The number of fused-ring (bicyclic) bond motifs is 1. The largest absolute Gasteiger partial charge is 0.433 e. The van der Waals surface area contributed by atoms with Gasteiger partial charge in [0.05, 0.1) is 25.0 Å². The number of ether oxygens (including phenoxy) is 2. The van der Waals surface area contributed by atoms with Crippen molar-refractivity contribution in [3.63, 3.8) is 0 Å². The number of pyridine rings is 2. The Morgan fingerprint density at radius 2 is 1.87 bits per heavy atom. The van der Waals surface area contributed by atoms with Crippen LogP contribution >= 0.6 is 0 Å². The smallest absolute Gasteiger partial charge is 0.388 e. The Bertz CT molecular complexity index is 1220. The van der Waals surface area contributed by atoms with Gasteiger partial charge in [-0.15, -0.1) is 0 Å². The number of hydrogen-bond donors (Lipinski definition) is 2. The number of hydrogen-bond acceptors (Lipinski definition) is 6. The maximum Gasteiger partial charge on any atom is 0.433 e. The van der Waals surface area contributed by atoms with E-state index in [2.05, 4.69) is 4.98 Å². The van der Waals surface area contributed by atoms with Crippen LogP contribution in [0.25, 0.3) is 5.57 Å². The molecule has 0 bridgehead atoms. The molecule has 0 aromatic carbocycles. The molecule has 4 aliphatic rings. The van der Waals surface area contributed by atoms with Gasteiger partial charge < -0.3 is 19.7 Å². The number of rotatable bonds is 4. The third kappa shape index (κ3) is 4.68. The molecule has 204 valence electrons. The fourth-order valence-corrected chi connectivity index (χ4v) is 6.73. The summed E-state index contributed by atoms with van der Waals surface area (Å²) in [6.07, 6.45) is 3.43. The van der Waals surface area contributed by atoms with E-state index in [4.69, 9.17) is 14.5 Å². The number of aromatic nitrogens is 2. The van der Waals surface area contributed by atoms with Crippen LogP contribution in [0.3, 0.4) is 0 Å². The van der Waals surface area contributed by atoms with Crippen molar-refractivity contribution < 1.29 is 32.9 Å². The van der Waals surface area contributed by atoms with E-state index in [1.165, 1.54) is 6.07 Å². The summed E-state index contributed by atoms with van der Waals surface area (Å²) in [4.78, 5) is 8.80. The molecular formula is C29H33F3N2O4. The summed E-state index contributed by atoms with van der Waals surface area (Å²) in [5.41, 5.74) is 4.13. The van der Waals surface area contributed by atoms with E-state index in [1.807, 2.05) is 6.08 Å². The van der Waals surface area contributed by atoms with Gasteiger partial charge in [0, 0.05) is 47.7 Å². The summed E-state index contributed by atoms with van der Waals surface area (Å²) in [6, 6.07) is 2.19. The molecule has 2 aliphatic heterocycles. The van der Waals surface area contributed by atoms with E-state index in [9.17, 15) is 23.4 Å². The molecule has 2 aliphatic carbocycles. The van der Waals surface area contributed by atoms with Crippen molar-refractivity contribution in [1.82, 2.24) is 9.97 Å². The third-order valence-corrected chi connectivity index (χ3v) is 8.86. The van der Waals surface area contributed by atoms with Crippen LogP contribution in [0.2, 0.25) is 0 Å². The van der Waals surface area contributed by atoms with Crippen LogP contribution in [0.1, 0.15) is 102 Å². The summed E-state index contributed by atoms with van der Waals surface area (Å²) >= 11 is 0. The molecule has 1 spiro atoms. The summed E-state index contributed by atoms with van der Waals surface area (Å²) in [5.74, 6) is 0.0386. The predicted octanol–water partition coefficient (Wildman–Crippen LogP) is 5.42. The van der Waals surface area contributed by atoms with Crippen molar-refractivity contribution in [2.75, 3.05) is 26.4 Å². The number of aliphatic hydroxyl groups excluding tert-OH is 2. The molecular weight excluding hydrogens is 497 g/mol. The van der Waals surface area contributed by atoms with Crippen LogP contribution in [0.5, 0.6) is 0 Å². The first-order valence-corrected chi connectivity index (χ1v) is 13.6. The first-order valence-electron chi connectivity index (χ1n) is 13.6. The van der Waals surface area contributed by atoms with Crippen molar-refractivity contribution in [1.29, 1.82) is 0 Å². The van der Waals surface area contributed by atoms with Crippen LogP contribution in [-0.2, 0) is 22.1 Å². The van der Waals surface area contributed by atoms with E-state index in [0.717, 1.165) is 78.9 Å². The number of aliphatic hydroxyl groups is 2. The maximum atomic E-state index is 13.2. The van der Waals surface area contributed by atoms with Gasteiger partial charge in [-0.3, -0.25) is 9.97 Å². The Morgan fingerprint density at radius 1 is 1.08 bits per heavy atom. The van der Waals surface area contributed by atoms with Crippen LogP contribution < -0.4 is 0 Å². The Kier molecular flexibility index (Phi) is 6.83. The lowest BCUT2D eigenvalue weighted by molar-refractivity contribution is -0.141. The molecule has 2 atom stereocenters. The minimum Gasteiger partial charge on any atom is -0.388 e. The van der Waals surface area contributed by atoms with E-state index in [1.54, 1.807) is 0 Å². The highest BCUT2D eigenvalue weighted by Crippen LogP contribution is 2.55. The second-order valence-electron chi connectivity index (χ2n) is 11.2. The van der Waals surface area contributed by atoms with Crippen molar-refractivity contribution in [2.24, 2.45) is 5.41 Å². The first kappa shape index (κ1) is 25.9. The Balaban J connectivity index is 1.55. The van der Waals surface area contributed by atoms with Crippen LogP contribution in [0.15, 0.2) is 24.4 Å². The second-order valence-corrected chi connectivity index (χ2v) is 11.2. The van der Waals surface area contributed by atoms with Crippen LogP contribution in [0, 0.1) is 5.41 Å². The molecule has 6 nitrogen and oxygen atoms in total. The van der Waals surface area contributed by atoms with Crippen molar-refractivity contribution >= 4 is 5.57 Å². The SMILES string of the molecule is OC1CC2(CCC2)Cc2nc(C3CCOCC3)c([C@@H](O)c3ccc(C(F)(F)F)nc3)c(C3=CCOCC3)c21. The molecule has 9 heteroatoms. The molecule has 2 fully saturated rings. The van der Waals surface area contributed by atoms with Gasteiger partial charge >= 0.3 is 6.18 Å². The van der Waals surface area contributed by atoms with Gasteiger partial charge in [0.2, 0.25) is 0 Å². The monoisotopic (exact) mass is 530 g/mol. The van der Waals surface area contributed by atoms with Crippen molar-refractivity contribution in [3.05, 3.63) is 63.7 Å². The van der Waals surface area contributed by atoms with Gasteiger partial charge in [0.1, 0.15) is 11.8 Å². The Labute approximate surface area is 219 Å². The van der Waals surface area contributed by atoms with Gasteiger partial charge in [0.25, 0.3) is 0 Å². The summed E-state index contributed by atoms with van der Waals surface area (Å²) in [5, 5.41) is 23.4. The second kappa shape index (κ2) is 10.0. The van der Waals surface area contributed by atoms with E-state index >= 15 is 0 Å². The van der Waals surface area contributed by atoms with Crippen LogP contribution in [-0.4, -0.2) is 46.6 Å². The average Bonchev–Trinajstić information content (AvgIpc) is 2.91. The van der Waals surface area contributed by atoms with Gasteiger partial charge in [-0.25, -0.2) is 0 Å². The minimum atomic E-state index is -4.57. The molecule has 4 heterocycles. The number of nitrogens with zero attached hydrogens (tertiary/aromatic N) is 2. The van der Waals surface area contributed by atoms with Gasteiger partial charge in [0.15, 0.2) is 0 Å². The van der Waals surface area contributed by atoms with E-state index in [-0.39, 0.29) is 16.9 Å². The maximum absolute atomic E-state index is 13.2. The van der Waals surface area contributed by atoms with Crippen molar-refractivity contribution in [3.8, 4) is 0 Å². The lowest BCUT2D eigenvalue weighted by atomic mass is 9.59. The lowest BCUT2D eigenvalue weighted by Crippen LogP contribution is -2.39. The molecule has 2 N–H and O–H groups in total. The molecule has 38 heavy (non-hydrogen) atoms. The zero-order valence-electron chi connectivity index (χ0n) is 21.3. The lowest BCUT2D eigenvalue weighted by Gasteiger charge is -2.48. The van der Waals surface area contributed by atoms with Gasteiger partial charge in [-0.05, 0) is 67.6 Å². The highest BCUT2D eigenvalue weighted by Gasteiger charge is 2.46. The quantitative estimate of drug-likeness (QED) is 0.549. The third-order valence-electron chi connectivity index (χ3n) is 8.86. The summed E-state index contributed by atoms with van der Waals surface area (Å²) in [7, 11) is 0. The highest BCUT2D eigenvalue weighted by atomic mass is 19.4. The molecule has 2 aromatic heterocycles. The zero-order valence-corrected chi connectivity index (χ0v) is 21.3. The topological polar surface area (TPSA) is 84.7 Å². The zero-order chi connectivity index (χ0) is 26.5. The normalized spacial score (nSPS) is 24.4. The van der Waals surface area contributed by atoms with E-state index in [0.29, 0.717) is 44.8 Å². The van der Waals surface area contributed by atoms with Gasteiger partial charge in [-0.2, -0.15) is 13.2 Å². The van der Waals surface area contributed by atoms with E-state index < -0.39 is 24.1 Å². The molecule has 6 rings (SSSR count). The molecule has 2 aromatic rings.